The second kappa shape index (κ2) is 4.71. The first-order chi connectivity index (χ1) is 7.81. The number of carbonyl (C=O) groups excluding carboxylic acids is 1. The number of rotatable bonds is 3. The molecule has 0 radical (unpaired) electrons. The first-order valence-electron chi connectivity index (χ1n) is 5.36. The number of carbonyl (C=O) groups is 1. The molecule has 80 valence electrons. The second-order valence-electron chi connectivity index (χ2n) is 3.57. The average Bonchev–Trinajstić information content (AvgIpc) is 2.39. The normalized spacial score (nSPS) is 10.1. The van der Waals surface area contributed by atoms with E-state index in [2.05, 4.69) is 4.98 Å². The Morgan fingerprint density at radius 1 is 1.19 bits per heavy atom. The van der Waals surface area contributed by atoms with Gasteiger partial charge in [0, 0.05) is 23.7 Å². The van der Waals surface area contributed by atoms with Crippen LogP contribution in [0.4, 0.5) is 0 Å². The Kier molecular flexibility index (Phi) is 3.10. The molecular formula is C14H13NO. The Bertz CT molecular complexity index is 491. The van der Waals surface area contributed by atoms with Gasteiger partial charge in [-0.3, -0.25) is 9.78 Å². The van der Waals surface area contributed by atoms with Gasteiger partial charge in [0.25, 0.3) is 0 Å². The first-order valence-corrected chi connectivity index (χ1v) is 5.36. The Morgan fingerprint density at radius 3 is 2.75 bits per heavy atom. The van der Waals surface area contributed by atoms with E-state index in [4.69, 9.17) is 0 Å². The minimum Gasteiger partial charge on any atom is -0.294 e. The summed E-state index contributed by atoms with van der Waals surface area (Å²) < 4.78 is 0. The summed E-state index contributed by atoms with van der Waals surface area (Å²) in [6.45, 7) is 1.87. The quantitative estimate of drug-likeness (QED) is 0.729. The molecule has 0 aliphatic carbocycles. The molecule has 0 bridgehead atoms. The van der Waals surface area contributed by atoms with Crippen molar-refractivity contribution in [3.05, 3.63) is 54.2 Å². The van der Waals surface area contributed by atoms with E-state index in [1.807, 2.05) is 49.4 Å². The van der Waals surface area contributed by atoms with Crippen LogP contribution < -0.4 is 0 Å². The molecule has 0 saturated heterocycles. The van der Waals surface area contributed by atoms with Crippen LogP contribution >= 0.6 is 0 Å². The number of Topliss-reactive ketones (excluding diaryl/α,β-unsaturated/α-hetero) is 1. The van der Waals surface area contributed by atoms with Gasteiger partial charge in [0.05, 0.1) is 5.69 Å². The standard InChI is InChI=1S/C14H13NO/c1-2-14(16)12-7-5-6-11(10-12)13-8-3-4-9-15-13/h3-10H,2H2,1H3. The van der Waals surface area contributed by atoms with Crippen molar-refractivity contribution in [1.29, 1.82) is 0 Å². The highest BCUT2D eigenvalue weighted by Gasteiger charge is 2.04. The largest absolute Gasteiger partial charge is 0.294 e. The molecule has 0 unspecified atom stereocenters. The topological polar surface area (TPSA) is 30.0 Å². The van der Waals surface area contributed by atoms with Crippen molar-refractivity contribution in [3.63, 3.8) is 0 Å². The summed E-state index contributed by atoms with van der Waals surface area (Å²) >= 11 is 0. The Morgan fingerprint density at radius 2 is 2.06 bits per heavy atom. The number of hydrogen-bond acceptors (Lipinski definition) is 2. The average molecular weight is 211 g/mol. The molecule has 0 saturated carbocycles. The number of ketones is 1. The summed E-state index contributed by atoms with van der Waals surface area (Å²) in [7, 11) is 0. The van der Waals surface area contributed by atoms with Crippen LogP contribution in [0.2, 0.25) is 0 Å². The van der Waals surface area contributed by atoms with Gasteiger partial charge in [-0.15, -0.1) is 0 Å². The number of nitrogens with zero attached hydrogens (tertiary/aromatic N) is 1. The van der Waals surface area contributed by atoms with E-state index < -0.39 is 0 Å². The molecule has 0 aliphatic rings. The van der Waals surface area contributed by atoms with Gasteiger partial charge in [-0.25, -0.2) is 0 Å². The fraction of sp³-hybridized carbons (Fsp3) is 0.143. The van der Waals surface area contributed by atoms with Gasteiger partial charge >= 0.3 is 0 Å². The summed E-state index contributed by atoms with van der Waals surface area (Å²) in [5.74, 6) is 0.165. The van der Waals surface area contributed by atoms with Crippen LogP contribution in [0, 0.1) is 0 Å². The third-order valence-electron chi connectivity index (χ3n) is 2.47. The predicted molar refractivity (Wildman–Crippen MR) is 64.3 cm³/mol. The van der Waals surface area contributed by atoms with Crippen LogP contribution in [-0.2, 0) is 0 Å². The lowest BCUT2D eigenvalue weighted by atomic mass is 10.0. The maximum atomic E-state index is 11.6. The highest BCUT2D eigenvalue weighted by molar-refractivity contribution is 5.96. The zero-order valence-corrected chi connectivity index (χ0v) is 9.18. The van der Waals surface area contributed by atoms with Gasteiger partial charge in [0.15, 0.2) is 5.78 Å². The van der Waals surface area contributed by atoms with Crippen LogP contribution in [0.5, 0.6) is 0 Å². The minimum absolute atomic E-state index is 0.165. The molecule has 0 N–H and O–H groups in total. The van der Waals surface area contributed by atoms with Crippen molar-refractivity contribution in [2.24, 2.45) is 0 Å². The Balaban J connectivity index is 2.40. The number of hydrogen-bond donors (Lipinski definition) is 0. The number of pyridine rings is 1. The molecule has 2 rings (SSSR count). The molecular weight excluding hydrogens is 198 g/mol. The molecule has 2 aromatic rings. The van der Waals surface area contributed by atoms with E-state index in [9.17, 15) is 4.79 Å². The van der Waals surface area contributed by atoms with Gasteiger partial charge in [-0.05, 0) is 18.2 Å². The van der Waals surface area contributed by atoms with E-state index in [-0.39, 0.29) is 5.78 Å². The maximum Gasteiger partial charge on any atom is 0.162 e. The van der Waals surface area contributed by atoms with Gasteiger partial charge in [0.1, 0.15) is 0 Å². The summed E-state index contributed by atoms with van der Waals surface area (Å²) in [6, 6.07) is 13.4. The third-order valence-corrected chi connectivity index (χ3v) is 2.47. The Labute approximate surface area is 95.0 Å². The zero-order chi connectivity index (χ0) is 11.4. The van der Waals surface area contributed by atoms with Crippen molar-refractivity contribution in [3.8, 4) is 11.3 Å². The summed E-state index contributed by atoms with van der Waals surface area (Å²) in [5.41, 5.74) is 2.64. The van der Waals surface area contributed by atoms with E-state index in [1.165, 1.54) is 0 Å². The molecule has 0 atom stereocenters. The van der Waals surface area contributed by atoms with Gasteiger partial charge < -0.3 is 0 Å². The molecule has 0 fully saturated rings. The molecule has 1 aromatic carbocycles. The van der Waals surface area contributed by atoms with Crippen LogP contribution in [0.25, 0.3) is 11.3 Å². The van der Waals surface area contributed by atoms with Gasteiger partial charge in [0.2, 0.25) is 0 Å². The SMILES string of the molecule is CCC(=O)c1cccc(-c2ccccn2)c1. The van der Waals surface area contributed by atoms with Crippen LogP contribution in [0.1, 0.15) is 23.7 Å². The van der Waals surface area contributed by atoms with Crippen molar-refractivity contribution in [2.45, 2.75) is 13.3 Å². The lowest BCUT2D eigenvalue weighted by Crippen LogP contribution is -1.96. The first kappa shape index (κ1) is 10.6. The molecule has 1 aromatic heterocycles. The summed E-state index contributed by atoms with van der Waals surface area (Å²) in [5, 5.41) is 0. The smallest absolute Gasteiger partial charge is 0.162 e. The fourth-order valence-corrected chi connectivity index (χ4v) is 1.59. The molecule has 16 heavy (non-hydrogen) atoms. The Hall–Kier alpha value is -1.96. The summed E-state index contributed by atoms with van der Waals surface area (Å²) in [6.07, 6.45) is 2.29. The van der Waals surface area contributed by atoms with Crippen molar-refractivity contribution in [2.75, 3.05) is 0 Å². The highest BCUT2D eigenvalue weighted by atomic mass is 16.1. The maximum absolute atomic E-state index is 11.6. The van der Waals surface area contributed by atoms with Crippen molar-refractivity contribution in [1.82, 2.24) is 4.98 Å². The van der Waals surface area contributed by atoms with E-state index >= 15 is 0 Å². The molecule has 2 heteroatoms. The van der Waals surface area contributed by atoms with Gasteiger partial charge in [-0.2, -0.15) is 0 Å². The van der Waals surface area contributed by atoms with Crippen molar-refractivity contribution >= 4 is 5.78 Å². The zero-order valence-electron chi connectivity index (χ0n) is 9.18. The van der Waals surface area contributed by atoms with Crippen molar-refractivity contribution < 1.29 is 4.79 Å². The molecule has 1 heterocycles. The second-order valence-corrected chi connectivity index (χ2v) is 3.57. The third kappa shape index (κ3) is 2.16. The molecule has 0 spiro atoms. The van der Waals surface area contributed by atoms with E-state index in [0.29, 0.717) is 6.42 Å². The molecule has 0 amide bonds. The van der Waals surface area contributed by atoms with Crippen LogP contribution in [0.3, 0.4) is 0 Å². The highest BCUT2D eigenvalue weighted by Crippen LogP contribution is 2.18. The predicted octanol–water partition coefficient (Wildman–Crippen LogP) is 3.34. The lowest BCUT2D eigenvalue weighted by molar-refractivity contribution is 0.0988. The van der Waals surface area contributed by atoms with Crippen LogP contribution in [-0.4, -0.2) is 10.8 Å². The fourth-order valence-electron chi connectivity index (χ4n) is 1.59. The summed E-state index contributed by atoms with van der Waals surface area (Å²) in [4.78, 5) is 15.8. The lowest BCUT2D eigenvalue weighted by Gasteiger charge is -2.02. The van der Waals surface area contributed by atoms with E-state index in [0.717, 1.165) is 16.8 Å². The monoisotopic (exact) mass is 211 g/mol. The number of benzene rings is 1. The van der Waals surface area contributed by atoms with Crippen LogP contribution in [0.15, 0.2) is 48.7 Å². The van der Waals surface area contributed by atoms with Gasteiger partial charge in [-0.1, -0.05) is 31.2 Å². The number of aromatic nitrogens is 1. The minimum atomic E-state index is 0.165. The van der Waals surface area contributed by atoms with E-state index in [1.54, 1.807) is 6.20 Å². The molecule has 0 aliphatic heterocycles. The molecule has 2 nitrogen and oxygen atoms in total.